The van der Waals surface area contributed by atoms with E-state index in [-0.39, 0.29) is 12.0 Å². The van der Waals surface area contributed by atoms with Gasteiger partial charge in [0.15, 0.2) is 0 Å². The van der Waals surface area contributed by atoms with Crippen LogP contribution < -0.4 is 10.1 Å². The number of hydrogen-bond donors (Lipinski definition) is 2. The third-order valence-corrected chi connectivity index (χ3v) is 4.08. The summed E-state index contributed by atoms with van der Waals surface area (Å²) < 4.78 is 5.68. The van der Waals surface area contributed by atoms with Crippen molar-refractivity contribution >= 4 is 5.91 Å². The molecular formula is C18H28N2O3. The number of unbranched alkanes of at least 4 members (excludes halogenated alkanes) is 1. The Labute approximate surface area is 138 Å². The Morgan fingerprint density at radius 3 is 2.91 bits per heavy atom. The lowest BCUT2D eigenvalue weighted by molar-refractivity contribution is -0.123. The fourth-order valence-electron chi connectivity index (χ4n) is 2.62. The van der Waals surface area contributed by atoms with Crippen molar-refractivity contribution in [2.45, 2.75) is 45.3 Å². The minimum atomic E-state index is -0.204. The van der Waals surface area contributed by atoms with Gasteiger partial charge in [-0.1, -0.05) is 25.5 Å². The van der Waals surface area contributed by atoms with E-state index < -0.39 is 0 Å². The topological polar surface area (TPSA) is 61.8 Å². The molecule has 2 rings (SSSR count). The number of hydrogen-bond acceptors (Lipinski definition) is 4. The molecule has 0 aromatic heterocycles. The highest BCUT2D eigenvalue weighted by Gasteiger charge is 2.18. The fraction of sp³-hybridized carbons (Fsp3) is 0.611. The lowest BCUT2D eigenvalue weighted by Crippen LogP contribution is -2.42. The number of nitrogens with one attached hydrogen (secondary N) is 1. The van der Waals surface area contributed by atoms with Gasteiger partial charge in [0.1, 0.15) is 5.75 Å². The molecule has 1 aliphatic heterocycles. The number of benzene rings is 1. The molecule has 0 atom stereocenters. The van der Waals surface area contributed by atoms with Crippen LogP contribution in [0.1, 0.15) is 38.2 Å². The van der Waals surface area contributed by atoms with Gasteiger partial charge in [0, 0.05) is 19.6 Å². The molecule has 1 aromatic rings. The van der Waals surface area contributed by atoms with Crippen molar-refractivity contribution < 1.29 is 14.6 Å². The molecule has 128 valence electrons. The summed E-state index contributed by atoms with van der Waals surface area (Å²) in [5.41, 5.74) is 1.04. The summed E-state index contributed by atoms with van der Waals surface area (Å²) in [6, 6.07) is 7.87. The van der Waals surface area contributed by atoms with Crippen LogP contribution in [0.2, 0.25) is 0 Å². The van der Waals surface area contributed by atoms with E-state index in [2.05, 4.69) is 17.1 Å². The highest BCUT2D eigenvalue weighted by atomic mass is 16.5. The zero-order valence-corrected chi connectivity index (χ0v) is 14.0. The standard InChI is InChI=1S/C18H28N2O3/c1-2-3-11-23-17-6-4-5-15(12-17)13-19-18(22)14-20-9-7-16(21)8-10-20/h4-6,12,16,21H,2-3,7-11,13-14H2,1H3,(H,19,22). The van der Waals surface area contributed by atoms with Crippen molar-refractivity contribution in [2.75, 3.05) is 26.2 Å². The molecule has 5 nitrogen and oxygen atoms in total. The predicted molar refractivity (Wildman–Crippen MR) is 90.4 cm³/mol. The van der Waals surface area contributed by atoms with E-state index >= 15 is 0 Å². The zero-order chi connectivity index (χ0) is 16.5. The van der Waals surface area contributed by atoms with Crippen molar-refractivity contribution in [1.82, 2.24) is 10.2 Å². The van der Waals surface area contributed by atoms with Crippen LogP contribution in [0.25, 0.3) is 0 Å². The molecule has 1 aromatic carbocycles. The Balaban J connectivity index is 1.72. The van der Waals surface area contributed by atoms with Gasteiger partial charge in [-0.2, -0.15) is 0 Å². The second kappa shape index (κ2) is 9.53. The number of likely N-dealkylation sites (tertiary alicyclic amines) is 1. The summed E-state index contributed by atoms with van der Waals surface area (Å²) >= 11 is 0. The molecule has 0 aliphatic carbocycles. The predicted octanol–water partition coefficient (Wildman–Crippen LogP) is 1.94. The number of aliphatic hydroxyl groups excluding tert-OH is 1. The van der Waals surface area contributed by atoms with E-state index in [0.29, 0.717) is 13.1 Å². The van der Waals surface area contributed by atoms with Gasteiger partial charge in [0.2, 0.25) is 5.91 Å². The zero-order valence-electron chi connectivity index (χ0n) is 14.0. The first-order valence-corrected chi connectivity index (χ1v) is 8.56. The monoisotopic (exact) mass is 320 g/mol. The quantitative estimate of drug-likeness (QED) is 0.719. The molecule has 1 amide bonds. The van der Waals surface area contributed by atoms with Crippen molar-refractivity contribution in [2.24, 2.45) is 0 Å². The van der Waals surface area contributed by atoms with Crippen molar-refractivity contribution in [3.05, 3.63) is 29.8 Å². The van der Waals surface area contributed by atoms with E-state index in [9.17, 15) is 9.90 Å². The van der Waals surface area contributed by atoms with Gasteiger partial charge in [-0.05, 0) is 37.0 Å². The molecule has 1 fully saturated rings. The van der Waals surface area contributed by atoms with Crippen molar-refractivity contribution in [3.8, 4) is 5.75 Å². The van der Waals surface area contributed by atoms with E-state index in [4.69, 9.17) is 4.74 Å². The van der Waals surface area contributed by atoms with Gasteiger partial charge in [-0.25, -0.2) is 0 Å². The number of amides is 1. The number of ether oxygens (including phenoxy) is 1. The first-order valence-electron chi connectivity index (χ1n) is 8.56. The van der Waals surface area contributed by atoms with Gasteiger partial charge in [0.25, 0.3) is 0 Å². The number of rotatable bonds is 8. The lowest BCUT2D eigenvalue weighted by Gasteiger charge is -2.28. The van der Waals surface area contributed by atoms with Gasteiger partial charge in [-0.3, -0.25) is 9.69 Å². The summed E-state index contributed by atoms with van der Waals surface area (Å²) in [6.07, 6.45) is 3.47. The fourth-order valence-corrected chi connectivity index (χ4v) is 2.62. The first-order chi connectivity index (χ1) is 11.2. The average molecular weight is 320 g/mol. The van der Waals surface area contributed by atoms with Crippen LogP contribution in [-0.4, -0.2) is 48.3 Å². The number of nitrogens with zero attached hydrogens (tertiary/aromatic N) is 1. The molecule has 0 spiro atoms. The summed E-state index contributed by atoms with van der Waals surface area (Å²) in [7, 11) is 0. The number of carbonyl (C=O) groups excluding carboxylic acids is 1. The van der Waals surface area contributed by atoms with Gasteiger partial charge >= 0.3 is 0 Å². The minimum absolute atomic E-state index is 0.0266. The van der Waals surface area contributed by atoms with E-state index in [1.54, 1.807) is 0 Å². The Morgan fingerprint density at radius 2 is 2.17 bits per heavy atom. The smallest absolute Gasteiger partial charge is 0.234 e. The van der Waals surface area contributed by atoms with E-state index in [1.807, 2.05) is 24.3 Å². The largest absolute Gasteiger partial charge is 0.494 e. The van der Waals surface area contributed by atoms with Gasteiger partial charge in [-0.15, -0.1) is 0 Å². The minimum Gasteiger partial charge on any atom is -0.494 e. The molecular weight excluding hydrogens is 292 g/mol. The molecule has 5 heteroatoms. The van der Waals surface area contributed by atoms with Gasteiger partial charge < -0.3 is 15.2 Å². The Kier molecular flexibility index (Phi) is 7.36. The normalized spacial score (nSPS) is 16.3. The molecule has 1 aliphatic rings. The van der Waals surface area contributed by atoms with Crippen LogP contribution in [0.4, 0.5) is 0 Å². The maximum Gasteiger partial charge on any atom is 0.234 e. The second-order valence-corrected chi connectivity index (χ2v) is 6.13. The molecule has 1 heterocycles. The Hall–Kier alpha value is -1.59. The van der Waals surface area contributed by atoms with Crippen molar-refractivity contribution in [1.29, 1.82) is 0 Å². The van der Waals surface area contributed by atoms with Crippen molar-refractivity contribution in [3.63, 3.8) is 0 Å². The molecule has 0 bridgehead atoms. The summed E-state index contributed by atoms with van der Waals surface area (Å²) in [5, 5.41) is 12.4. The van der Waals surface area contributed by atoms with Crippen LogP contribution >= 0.6 is 0 Å². The van der Waals surface area contributed by atoms with Gasteiger partial charge in [0.05, 0.1) is 19.3 Å². The highest BCUT2D eigenvalue weighted by molar-refractivity contribution is 5.78. The molecule has 23 heavy (non-hydrogen) atoms. The lowest BCUT2D eigenvalue weighted by atomic mass is 10.1. The van der Waals surface area contributed by atoms with Crippen LogP contribution in [0, 0.1) is 0 Å². The number of aliphatic hydroxyl groups is 1. The molecule has 0 saturated carbocycles. The maximum atomic E-state index is 12.0. The second-order valence-electron chi connectivity index (χ2n) is 6.13. The van der Waals surface area contributed by atoms with E-state index in [1.165, 1.54) is 0 Å². The molecule has 0 unspecified atom stereocenters. The third-order valence-electron chi connectivity index (χ3n) is 4.08. The average Bonchev–Trinajstić information content (AvgIpc) is 2.56. The molecule has 0 radical (unpaired) electrons. The summed E-state index contributed by atoms with van der Waals surface area (Å²) in [4.78, 5) is 14.1. The first kappa shape index (κ1) is 17.8. The summed E-state index contributed by atoms with van der Waals surface area (Å²) in [6.45, 7) is 5.36. The number of carbonyl (C=O) groups is 1. The molecule has 2 N–H and O–H groups in total. The maximum absolute atomic E-state index is 12.0. The summed E-state index contributed by atoms with van der Waals surface area (Å²) in [5.74, 6) is 0.883. The SMILES string of the molecule is CCCCOc1cccc(CNC(=O)CN2CCC(O)CC2)c1. The Bertz CT molecular complexity index is 485. The van der Waals surface area contributed by atoms with E-state index in [0.717, 1.165) is 56.7 Å². The Morgan fingerprint density at radius 1 is 1.39 bits per heavy atom. The van der Waals surface area contributed by atoms with Crippen LogP contribution in [-0.2, 0) is 11.3 Å². The molecule has 1 saturated heterocycles. The number of piperidine rings is 1. The van der Waals surface area contributed by atoms with Crippen LogP contribution in [0.15, 0.2) is 24.3 Å². The van der Waals surface area contributed by atoms with Crippen LogP contribution in [0.3, 0.4) is 0 Å². The highest BCUT2D eigenvalue weighted by Crippen LogP contribution is 2.14. The third kappa shape index (κ3) is 6.59. The van der Waals surface area contributed by atoms with Crippen LogP contribution in [0.5, 0.6) is 5.75 Å².